The number of hydrogen-bond donors (Lipinski definition) is 1. The summed E-state index contributed by atoms with van der Waals surface area (Å²) in [6.45, 7) is 12.8. The topological polar surface area (TPSA) is 75.2 Å². The average molecular weight is 364 g/mol. The Hall–Kier alpha value is -0.673. The summed E-state index contributed by atoms with van der Waals surface area (Å²) in [6.07, 6.45) is 1.11. The molecule has 0 spiro atoms. The molecule has 1 atom stereocenters. The highest BCUT2D eigenvalue weighted by Gasteiger charge is 2.50. The summed E-state index contributed by atoms with van der Waals surface area (Å²) in [6, 6.07) is 0. The first-order valence-corrected chi connectivity index (χ1v) is 10.7. The van der Waals surface area contributed by atoms with Crippen LogP contribution in [0.1, 0.15) is 47.5 Å². The number of rotatable bonds is 12. The molecule has 1 saturated heterocycles. The Morgan fingerprint density at radius 1 is 1.08 bits per heavy atom. The van der Waals surface area contributed by atoms with Crippen LogP contribution in [0.25, 0.3) is 0 Å². The van der Waals surface area contributed by atoms with Gasteiger partial charge in [-0.15, -0.1) is 0 Å². The monoisotopic (exact) mass is 363 g/mol. The second-order valence-corrected chi connectivity index (χ2v) is 8.70. The molecule has 1 fully saturated rings. The zero-order valence-corrected chi connectivity index (χ0v) is 16.7. The maximum absolute atomic E-state index is 12.3. The van der Waals surface area contributed by atoms with E-state index in [-0.39, 0.29) is 11.1 Å². The third-order valence-electron chi connectivity index (χ3n) is 4.24. The van der Waals surface area contributed by atoms with E-state index in [0.29, 0.717) is 46.1 Å². The average Bonchev–Trinajstić information content (AvgIpc) is 2.52. The molecule has 0 radical (unpaired) electrons. The van der Waals surface area contributed by atoms with Crippen LogP contribution in [-0.2, 0) is 22.8 Å². The van der Waals surface area contributed by atoms with Crippen LogP contribution in [0.5, 0.6) is 0 Å². The molecule has 1 rings (SSSR count). The largest absolute Gasteiger partial charge is 0.524 e. The van der Waals surface area contributed by atoms with E-state index in [4.69, 9.17) is 22.8 Å². The fourth-order valence-corrected chi connectivity index (χ4v) is 5.51. The van der Waals surface area contributed by atoms with Gasteiger partial charge in [0.05, 0.1) is 18.6 Å². The summed E-state index contributed by atoms with van der Waals surface area (Å²) < 4.78 is 28.3. The van der Waals surface area contributed by atoms with Gasteiger partial charge in [-0.25, -0.2) is 4.79 Å². The molecule has 1 heterocycles. The SMILES string of the molecule is CCO[Si](OCC)(OCC)C(CC)NC(=O)OCC1(CC)COC1. The molecule has 0 bridgehead atoms. The summed E-state index contributed by atoms with van der Waals surface area (Å²) in [5.41, 5.74) is -0.368. The van der Waals surface area contributed by atoms with Crippen LogP contribution in [0, 0.1) is 5.41 Å². The molecule has 1 N–H and O–H groups in total. The third-order valence-corrected chi connectivity index (χ3v) is 7.72. The number of hydrogen-bond acceptors (Lipinski definition) is 6. The van der Waals surface area contributed by atoms with Crippen molar-refractivity contribution in [2.45, 2.75) is 53.1 Å². The van der Waals surface area contributed by atoms with E-state index in [1.165, 1.54) is 0 Å². The van der Waals surface area contributed by atoms with Crippen molar-refractivity contribution in [3.63, 3.8) is 0 Å². The Morgan fingerprint density at radius 3 is 1.96 bits per heavy atom. The summed E-state index contributed by atoms with van der Waals surface area (Å²) in [4.78, 5) is 12.3. The predicted molar refractivity (Wildman–Crippen MR) is 92.7 cm³/mol. The van der Waals surface area contributed by atoms with Gasteiger partial charge in [-0.3, -0.25) is 0 Å². The highest BCUT2D eigenvalue weighted by atomic mass is 28.4. The van der Waals surface area contributed by atoms with Gasteiger partial charge in [0.25, 0.3) is 0 Å². The molecule has 1 aliphatic heterocycles. The molecular weight excluding hydrogens is 330 g/mol. The number of nitrogens with one attached hydrogen (secondary N) is 1. The fraction of sp³-hybridized carbons (Fsp3) is 0.938. The third kappa shape index (κ3) is 5.42. The van der Waals surface area contributed by atoms with Gasteiger partial charge in [-0.05, 0) is 33.6 Å². The highest BCUT2D eigenvalue weighted by Crippen LogP contribution is 2.31. The molecule has 7 nitrogen and oxygen atoms in total. The molecule has 24 heavy (non-hydrogen) atoms. The van der Waals surface area contributed by atoms with E-state index in [1.807, 2.05) is 27.7 Å². The van der Waals surface area contributed by atoms with Gasteiger partial charge >= 0.3 is 14.9 Å². The van der Waals surface area contributed by atoms with Gasteiger partial charge in [0, 0.05) is 19.8 Å². The van der Waals surface area contributed by atoms with Gasteiger partial charge in [0.1, 0.15) is 12.3 Å². The van der Waals surface area contributed by atoms with E-state index in [9.17, 15) is 4.79 Å². The Balaban J connectivity index is 2.68. The summed E-state index contributed by atoms with van der Waals surface area (Å²) in [5, 5.41) is 2.89. The van der Waals surface area contributed by atoms with Gasteiger partial charge in [-0.2, -0.15) is 0 Å². The van der Waals surface area contributed by atoms with Crippen LogP contribution in [0.2, 0.25) is 0 Å². The summed E-state index contributed by atoms with van der Waals surface area (Å²) >= 11 is 0. The number of amides is 1. The first-order valence-electron chi connectivity index (χ1n) is 8.94. The van der Waals surface area contributed by atoms with E-state index in [1.54, 1.807) is 0 Å². The van der Waals surface area contributed by atoms with Gasteiger partial charge in [0.2, 0.25) is 0 Å². The van der Waals surface area contributed by atoms with Crippen LogP contribution < -0.4 is 5.32 Å². The fourth-order valence-electron chi connectivity index (χ4n) is 2.65. The molecule has 1 amide bonds. The van der Waals surface area contributed by atoms with Crippen LogP contribution in [0.15, 0.2) is 0 Å². The zero-order valence-electron chi connectivity index (χ0n) is 15.7. The Labute approximate surface area is 146 Å². The molecule has 1 unspecified atom stereocenters. The second-order valence-electron chi connectivity index (χ2n) is 5.93. The maximum Gasteiger partial charge on any atom is 0.524 e. The first kappa shape index (κ1) is 21.4. The summed E-state index contributed by atoms with van der Waals surface area (Å²) in [5.74, 6) is 0. The lowest BCUT2D eigenvalue weighted by Gasteiger charge is -2.40. The lowest BCUT2D eigenvalue weighted by molar-refractivity contribution is -0.139. The summed E-state index contributed by atoms with van der Waals surface area (Å²) in [7, 11) is -3.00. The molecule has 0 aromatic heterocycles. The smallest absolute Gasteiger partial charge is 0.449 e. The number of carbonyl (C=O) groups is 1. The molecule has 142 valence electrons. The van der Waals surface area contributed by atoms with Crippen molar-refractivity contribution in [3.8, 4) is 0 Å². The number of carbonyl (C=O) groups excluding carboxylic acids is 1. The van der Waals surface area contributed by atoms with Crippen molar-refractivity contribution < 1.29 is 27.5 Å². The molecule has 0 saturated carbocycles. The first-order chi connectivity index (χ1) is 11.5. The Kier molecular flexibility index (Phi) is 9.21. The molecule has 1 aliphatic rings. The molecule has 0 aromatic rings. The van der Waals surface area contributed by atoms with E-state index in [0.717, 1.165) is 6.42 Å². The minimum Gasteiger partial charge on any atom is -0.449 e. The van der Waals surface area contributed by atoms with Crippen molar-refractivity contribution >= 4 is 14.9 Å². The van der Waals surface area contributed by atoms with Crippen molar-refractivity contribution in [2.75, 3.05) is 39.6 Å². The minimum atomic E-state index is -3.00. The quantitative estimate of drug-likeness (QED) is 0.537. The molecular formula is C16H33NO6Si. The second kappa shape index (κ2) is 10.3. The van der Waals surface area contributed by atoms with E-state index in [2.05, 4.69) is 12.2 Å². The molecule has 0 aliphatic carbocycles. The Morgan fingerprint density at radius 2 is 1.62 bits per heavy atom. The van der Waals surface area contributed by atoms with Crippen LogP contribution in [-0.4, -0.2) is 60.2 Å². The van der Waals surface area contributed by atoms with E-state index < -0.39 is 14.9 Å². The standard InChI is InChI=1S/C16H33NO6Si/c1-6-14(24(21-8-3,22-9-4)23-10-5)17-15(18)20-13-16(7-2)11-19-12-16/h14H,6-13H2,1-5H3,(H,17,18). The molecule has 0 aromatic carbocycles. The number of ether oxygens (including phenoxy) is 2. The van der Waals surface area contributed by atoms with Gasteiger partial charge in [-0.1, -0.05) is 13.8 Å². The van der Waals surface area contributed by atoms with Crippen molar-refractivity contribution in [1.82, 2.24) is 5.32 Å². The van der Waals surface area contributed by atoms with Crippen LogP contribution >= 0.6 is 0 Å². The normalized spacial score (nSPS) is 17.9. The van der Waals surface area contributed by atoms with Crippen molar-refractivity contribution in [2.24, 2.45) is 5.41 Å². The Bertz CT molecular complexity index is 355. The number of alkyl carbamates (subject to hydrolysis) is 1. The van der Waals surface area contributed by atoms with Crippen LogP contribution in [0.4, 0.5) is 4.79 Å². The minimum absolute atomic E-state index is 0.0344. The van der Waals surface area contributed by atoms with Crippen molar-refractivity contribution in [1.29, 1.82) is 0 Å². The van der Waals surface area contributed by atoms with Crippen molar-refractivity contribution in [3.05, 3.63) is 0 Å². The lowest BCUT2D eigenvalue weighted by atomic mass is 9.84. The van der Waals surface area contributed by atoms with Crippen LogP contribution in [0.3, 0.4) is 0 Å². The zero-order chi connectivity index (χ0) is 18.1. The predicted octanol–water partition coefficient (Wildman–Crippen LogP) is 2.51. The maximum atomic E-state index is 12.3. The lowest BCUT2D eigenvalue weighted by Crippen LogP contribution is -2.63. The van der Waals surface area contributed by atoms with Gasteiger partial charge in [0.15, 0.2) is 0 Å². The van der Waals surface area contributed by atoms with Gasteiger partial charge < -0.3 is 28.1 Å². The molecule has 8 heteroatoms. The highest BCUT2D eigenvalue weighted by molar-refractivity contribution is 6.62. The van der Waals surface area contributed by atoms with E-state index >= 15 is 0 Å².